The highest BCUT2D eigenvalue weighted by Crippen LogP contribution is 2.12. The number of rotatable bonds is 1. The Labute approximate surface area is 78.2 Å². The highest BCUT2D eigenvalue weighted by molar-refractivity contribution is 7.98. The van der Waals surface area contributed by atoms with Gasteiger partial charge >= 0.3 is 0 Å². The number of nitrogens with zero attached hydrogens (tertiary/aromatic N) is 3. The molecule has 0 amide bonds. The van der Waals surface area contributed by atoms with E-state index in [0.29, 0.717) is 11.0 Å². The smallest absolute Gasteiger partial charge is 0.294 e. The van der Waals surface area contributed by atoms with Crippen molar-refractivity contribution in [2.45, 2.75) is 5.16 Å². The van der Waals surface area contributed by atoms with Crippen LogP contribution < -0.4 is 5.56 Å². The standard InChI is InChI=1S/C7H8N4OS/c1-11-6(12)5-4(3-8-11)9-7(10-5)13-2/h3H,1-2H3,(H,9,10). The summed E-state index contributed by atoms with van der Waals surface area (Å²) in [6.45, 7) is 0. The van der Waals surface area contributed by atoms with Gasteiger partial charge < -0.3 is 4.98 Å². The molecule has 2 aromatic rings. The topological polar surface area (TPSA) is 63.6 Å². The van der Waals surface area contributed by atoms with Crippen molar-refractivity contribution in [3.63, 3.8) is 0 Å². The van der Waals surface area contributed by atoms with Crippen molar-refractivity contribution in [1.29, 1.82) is 0 Å². The van der Waals surface area contributed by atoms with Gasteiger partial charge in [0.05, 0.1) is 11.7 Å². The van der Waals surface area contributed by atoms with Gasteiger partial charge in [-0.05, 0) is 6.26 Å². The first-order chi connectivity index (χ1) is 6.22. The Morgan fingerprint density at radius 2 is 2.38 bits per heavy atom. The highest BCUT2D eigenvalue weighted by atomic mass is 32.2. The van der Waals surface area contributed by atoms with Crippen molar-refractivity contribution in [2.75, 3.05) is 6.26 Å². The number of aromatic nitrogens is 4. The lowest BCUT2D eigenvalue weighted by Crippen LogP contribution is -2.18. The van der Waals surface area contributed by atoms with Crippen LogP contribution in [-0.2, 0) is 7.05 Å². The predicted molar refractivity (Wildman–Crippen MR) is 50.9 cm³/mol. The van der Waals surface area contributed by atoms with E-state index in [2.05, 4.69) is 15.1 Å². The Kier molecular flexibility index (Phi) is 1.84. The van der Waals surface area contributed by atoms with Crippen molar-refractivity contribution in [3.8, 4) is 0 Å². The van der Waals surface area contributed by atoms with E-state index in [-0.39, 0.29) is 5.56 Å². The third-order valence-corrected chi connectivity index (χ3v) is 2.34. The lowest BCUT2D eigenvalue weighted by Gasteiger charge is -1.91. The molecule has 1 N–H and O–H groups in total. The molecule has 0 unspecified atom stereocenters. The zero-order chi connectivity index (χ0) is 9.42. The van der Waals surface area contributed by atoms with Gasteiger partial charge in [-0.1, -0.05) is 11.8 Å². The summed E-state index contributed by atoms with van der Waals surface area (Å²) in [4.78, 5) is 18.6. The van der Waals surface area contributed by atoms with Crippen molar-refractivity contribution >= 4 is 22.8 Å². The Morgan fingerprint density at radius 3 is 3.08 bits per heavy atom. The summed E-state index contributed by atoms with van der Waals surface area (Å²) in [5.41, 5.74) is 0.961. The van der Waals surface area contributed by atoms with Crippen LogP contribution >= 0.6 is 11.8 Å². The zero-order valence-corrected chi connectivity index (χ0v) is 8.05. The Hall–Kier alpha value is -1.30. The van der Waals surface area contributed by atoms with Crippen molar-refractivity contribution in [3.05, 3.63) is 16.6 Å². The molecular weight excluding hydrogens is 188 g/mol. The normalized spacial score (nSPS) is 10.9. The molecule has 2 aromatic heterocycles. The molecule has 68 valence electrons. The molecule has 2 rings (SSSR count). The maximum atomic E-state index is 11.5. The highest BCUT2D eigenvalue weighted by Gasteiger charge is 2.06. The molecule has 0 aliphatic heterocycles. The van der Waals surface area contributed by atoms with Crippen LogP contribution in [0.5, 0.6) is 0 Å². The maximum absolute atomic E-state index is 11.5. The molecule has 0 bridgehead atoms. The average Bonchev–Trinajstić information content (AvgIpc) is 2.55. The summed E-state index contributed by atoms with van der Waals surface area (Å²) in [5.74, 6) is 0. The molecule has 6 heteroatoms. The summed E-state index contributed by atoms with van der Waals surface area (Å²) in [6, 6.07) is 0. The molecule has 0 fully saturated rings. The fraction of sp³-hybridized carbons (Fsp3) is 0.286. The fourth-order valence-electron chi connectivity index (χ4n) is 1.07. The third kappa shape index (κ3) is 1.23. The van der Waals surface area contributed by atoms with Crippen LogP contribution in [-0.4, -0.2) is 26.0 Å². The van der Waals surface area contributed by atoms with Crippen molar-refractivity contribution in [1.82, 2.24) is 19.7 Å². The molecule has 0 saturated heterocycles. The first-order valence-electron chi connectivity index (χ1n) is 3.68. The average molecular weight is 196 g/mol. The molecule has 5 nitrogen and oxygen atoms in total. The van der Waals surface area contributed by atoms with Crippen LogP contribution in [0.15, 0.2) is 16.1 Å². The monoisotopic (exact) mass is 196 g/mol. The third-order valence-electron chi connectivity index (χ3n) is 1.76. The number of imidazole rings is 1. The van der Waals surface area contributed by atoms with E-state index in [1.807, 2.05) is 6.26 Å². The molecule has 13 heavy (non-hydrogen) atoms. The van der Waals surface area contributed by atoms with Gasteiger partial charge in [0, 0.05) is 7.05 Å². The summed E-state index contributed by atoms with van der Waals surface area (Å²) in [6.07, 6.45) is 3.50. The fourth-order valence-corrected chi connectivity index (χ4v) is 1.46. The molecule has 0 atom stereocenters. The molecule has 0 saturated carbocycles. The van der Waals surface area contributed by atoms with Gasteiger partial charge in [-0.25, -0.2) is 9.67 Å². The quantitative estimate of drug-likeness (QED) is 0.670. The van der Waals surface area contributed by atoms with Crippen LogP contribution in [0, 0.1) is 0 Å². The van der Waals surface area contributed by atoms with E-state index in [1.54, 1.807) is 13.2 Å². The number of hydrogen-bond donors (Lipinski definition) is 1. The van der Waals surface area contributed by atoms with Crippen LogP contribution in [0.2, 0.25) is 0 Å². The summed E-state index contributed by atoms with van der Waals surface area (Å²) < 4.78 is 1.27. The second-order valence-corrected chi connectivity index (χ2v) is 3.38. The zero-order valence-electron chi connectivity index (χ0n) is 7.24. The van der Waals surface area contributed by atoms with Crippen LogP contribution in [0.25, 0.3) is 11.0 Å². The molecule has 0 aliphatic rings. The van der Waals surface area contributed by atoms with Crippen LogP contribution in [0.3, 0.4) is 0 Å². The molecular formula is C7H8N4OS. The van der Waals surface area contributed by atoms with E-state index in [0.717, 1.165) is 5.16 Å². The first-order valence-corrected chi connectivity index (χ1v) is 4.91. The van der Waals surface area contributed by atoms with Crippen molar-refractivity contribution < 1.29 is 0 Å². The summed E-state index contributed by atoms with van der Waals surface area (Å²) >= 11 is 1.47. The van der Waals surface area contributed by atoms with E-state index in [9.17, 15) is 4.79 Å². The SMILES string of the molecule is CSc1nc2c(=O)n(C)ncc2[nH]1. The summed E-state index contributed by atoms with van der Waals surface area (Å²) in [5, 5.41) is 4.61. The summed E-state index contributed by atoms with van der Waals surface area (Å²) in [7, 11) is 1.61. The molecule has 2 heterocycles. The van der Waals surface area contributed by atoms with E-state index in [4.69, 9.17) is 0 Å². The van der Waals surface area contributed by atoms with Gasteiger partial charge in [0.25, 0.3) is 5.56 Å². The minimum Gasteiger partial charge on any atom is -0.331 e. The molecule has 0 radical (unpaired) electrons. The number of thioether (sulfide) groups is 1. The lowest BCUT2D eigenvalue weighted by molar-refractivity contribution is 0.716. The molecule has 0 aliphatic carbocycles. The van der Waals surface area contributed by atoms with Crippen LogP contribution in [0.4, 0.5) is 0 Å². The van der Waals surface area contributed by atoms with Gasteiger partial charge in [-0.3, -0.25) is 4.79 Å². The minimum atomic E-state index is -0.172. The van der Waals surface area contributed by atoms with Crippen LogP contribution in [0.1, 0.15) is 0 Å². The second-order valence-electron chi connectivity index (χ2n) is 2.58. The van der Waals surface area contributed by atoms with Gasteiger partial charge in [-0.2, -0.15) is 5.10 Å². The van der Waals surface area contributed by atoms with E-state index >= 15 is 0 Å². The van der Waals surface area contributed by atoms with E-state index < -0.39 is 0 Å². The van der Waals surface area contributed by atoms with Crippen molar-refractivity contribution in [2.24, 2.45) is 7.05 Å². The second kappa shape index (κ2) is 2.88. The Bertz CT molecular complexity index is 501. The number of H-pyrrole nitrogens is 1. The van der Waals surface area contributed by atoms with Gasteiger partial charge in [0.2, 0.25) is 0 Å². The first kappa shape index (κ1) is 8.31. The number of nitrogens with one attached hydrogen (secondary N) is 1. The lowest BCUT2D eigenvalue weighted by atomic mass is 10.5. The van der Waals surface area contributed by atoms with Gasteiger partial charge in [0.15, 0.2) is 10.7 Å². The largest absolute Gasteiger partial charge is 0.331 e. The Morgan fingerprint density at radius 1 is 1.62 bits per heavy atom. The number of hydrogen-bond acceptors (Lipinski definition) is 4. The number of aromatic amines is 1. The maximum Gasteiger partial charge on any atom is 0.294 e. The molecule has 0 spiro atoms. The van der Waals surface area contributed by atoms with E-state index in [1.165, 1.54) is 16.4 Å². The minimum absolute atomic E-state index is 0.172. The number of fused-ring (bicyclic) bond motifs is 1. The predicted octanol–water partition coefficient (Wildman–Crippen LogP) is 0.378. The Balaban J connectivity index is 2.84. The van der Waals surface area contributed by atoms with Gasteiger partial charge in [0.1, 0.15) is 0 Å². The molecule has 0 aromatic carbocycles. The number of aryl methyl sites for hydroxylation is 1. The van der Waals surface area contributed by atoms with Gasteiger partial charge in [-0.15, -0.1) is 0 Å².